The number of anilines is 1. The van der Waals surface area contributed by atoms with E-state index in [4.69, 9.17) is 14.7 Å². The maximum absolute atomic E-state index is 12.6. The second-order valence-electron chi connectivity index (χ2n) is 8.74. The first-order chi connectivity index (χ1) is 15.9. The minimum Gasteiger partial charge on any atom is -0.494 e. The Hall–Kier alpha value is -2.60. The molecule has 0 fully saturated rings. The average molecular weight is 466 g/mol. The van der Waals surface area contributed by atoms with Crippen LogP contribution in [0.4, 0.5) is 5.69 Å². The highest BCUT2D eigenvalue weighted by atomic mass is 32.2. The lowest BCUT2D eigenvalue weighted by molar-refractivity contribution is -0.113. The highest BCUT2D eigenvalue weighted by Gasteiger charge is 2.28. The molecule has 0 aromatic heterocycles. The third-order valence-electron chi connectivity index (χ3n) is 5.25. The molecule has 0 bridgehead atoms. The number of amides is 1. The van der Waals surface area contributed by atoms with Crippen molar-refractivity contribution in [3.63, 3.8) is 0 Å². The number of hydrogen-bond acceptors (Lipinski definition) is 5. The van der Waals surface area contributed by atoms with Crippen LogP contribution in [-0.4, -0.2) is 34.7 Å². The number of benzene rings is 2. The van der Waals surface area contributed by atoms with Crippen molar-refractivity contribution in [1.82, 2.24) is 0 Å². The minimum atomic E-state index is -0.529. The van der Waals surface area contributed by atoms with Gasteiger partial charge in [0.05, 0.1) is 18.1 Å². The Labute approximate surface area is 202 Å². The number of rotatable bonds is 11. The van der Waals surface area contributed by atoms with E-state index in [0.717, 1.165) is 53.6 Å². The summed E-state index contributed by atoms with van der Waals surface area (Å²) in [6, 6.07) is 16.1. The zero-order chi connectivity index (χ0) is 23.7. The number of hydrogen-bond donors (Lipinski definition) is 1. The monoisotopic (exact) mass is 465 g/mol. The zero-order valence-corrected chi connectivity index (χ0v) is 21.0. The Bertz CT molecular complexity index is 979. The van der Waals surface area contributed by atoms with E-state index in [-0.39, 0.29) is 11.7 Å². The molecule has 2 aromatic carbocycles. The third-order valence-corrected chi connectivity index (χ3v) is 6.22. The molecule has 0 saturated carbocycles. The first-order valence-corrected chi connectivity index (χ1v) is 12.8. The molecule has 2 aromatic rings. The van der Waals surface area contributed by atoms with Crippen LogP contribution in [0.1, 0.15) is 64.5 Å². The smallest absolute Gasteiger partial charge is 0.234 e. The number of nitrogens with one attached hydrogen (secondary N) is 1. The molecule has 0 atom stereocenters. The van der Waals surface area contributed by atoms with Crippen LogP contribution in [0.15, 0.2) is 58.5 Å². The summed E-state index contributed by atoms with van der Waals surface area (Å²) < 4.78 is 5.77. The van der Waals surface area contributed by atoms with Crippen LogP contribution in [0, 0.1) is 0 Å². The second kappa shape index (κ2) is 12.0. The zero-order valence-electron chi connectivity index (χ0n) is 20.2. The molecule has 1 amide bonds. The van der Waals surface area contributed by atoms with Gasteiger partial charge in [-0.3, -0.25) is 9.79 Å². The van der Waals surface area contributed by atoms with Crippen molar-refractivity contribution in [2.24, 2.45) is 9.98 Å². The van der Waals surface area contributed by atoms with Crippen LogP contribution in [0.5, 0.6) is 5.75 Å². The molecule has 1 N–H and O–H groups in total. The normalized spacial score (nSPS) is 14.5. The number of aryl methyl sites for hydroxylation is 1. The first kappa shape index (κ1) is 25.0. The summed E-state index contributed by atoms with van der Waals surface area (Å²) in [4.78, 5) is 22.1. The van der Waals surface area contributed by atoms with E-state index in [9.17, 15) is 4.79 Å². The summed E-state index contributed by atoms with van der Waals surface area (Å²) in [6.45, 7) is 9.01. The van der Waals surface area contributed by atoms with Crippen molar-refractivity contribution in [2.75, 3.05) is 17.7 Å². The lowest BCUT2D eigenvalue weighted by Crippen LogP contribution is -2.17. The Morgan fingerprint density at radius 1 is 0.970 bits per heavy atom. The minimum absolute atomic E-state index is 0.0484. The first-order valence-electron chi connectivity index (χ1n) is 11.8. The van der Waals surface area contributed by atoms with Gasteiger partial charge in [-0.1, -0.05) is 50.6 Å². The predicted octanol–water partition coefficient (Wildman–Crippen LogP) is 6.52. The largest absolute Gasteiger partial charge is 0.494 e. The number of unbranched alkanes of at least 4 members (excludes halogenated alkanes) is 2. The van der Waals surface area contributed by atoms with Gasteiger partial charge in [0.15, 0.2) is 0 Å². The van der Waals surface area contributed by atoms with Crippen molar-refractivity contribution in [3.05, 3.63) is 59.7 Å². The molecule has 0 spiro atoms. The number of thioether (sulfide) groups is 1. The van der Waals surface area contributed by atoms with Crippen LogP contribution in [0.2, 0.25) is 0 Å². The lowest BCUT2D eigenvalue weighted by Gasteiger charge is -2.09. The number of aliphatic imine (C=N–C) groups is 2. The maximum atomic E-state index is 12.6. The van der Waals surface area contributed by atoms with Gasteiger partial charge in [-0.25, -0.2) is 4.99 Å². The Balaban J connectivity index is 1.58. The van der Waals surface area contributed by atoms with Gasteiger partial charge in [-0.05, 0) is 75.1 Å². The molecule has 6 heteroatoms. The highest BCUT2D eigenvalue weighted by Crippen LogP contribution is 2.27. The molecule has 176 valence electrons. The van der Waals surface area contributed by atoms with Crippen LogP contribution in [0.25, 0.3) is 0 Å². The Morgan fingerprint density at radius 3 is 2.33 bits per heavy atom. The van der Waals surface area contributed by atoms with Crippen LogP contribution < -0.4 is 10.1 Å². The molecule has 33 heavy (non-hydrogen) atoms. The summed E-state index contributed by atoms with van der Waals surface area (Å²) in [6.07, 6.45) is 5.59. The number of carbonyl (C=O) groups is 1. The number of carbonyl (C=O) groups excluding carboxylic acids is 1. The summed E-state index contributed by atoms with van der Waals surface area (Å²) >= 11 is 1.43. The standard InChI is InChI=1S/C27H35N3O2S/c1-5-7-9-20-10-14-22(15-11-20)28-24(31)19-33-26-25(29-27(3,4)30-26)21-12-16-23(17-13-21)32-18-8-6-2/h10-17H,5-9,18-19H2,1-4H3,(H,28,31). The predicted molar refractivity (Wildman–Crippen MR) is 141 cm³/mol. The van der Waals surface area contributed by atoms with Gasteiger partial charge in [-0.15, -0.1) is 0 Å². The Morgan fingerprint density at radius 2 is 1.67 bits per heavy atom. The lowest BCUT2D eigenvalue weighted by atomic mass is 10.1. The molecule has 0 unspecified atom stereocenters. The fourth-order valence-corrected chi connectivity index (χ4v) is 4.37. The van der Waals surface area contributed by atoms with Crippen LogP contribution in [0.3, 0.4) is 0 Å². The third kappa shape index (κ3) is 7.74. The molecule has 1 aliphatic heterocycles. The summed E-state index contributed by atoms with van der Waals surface area (Å²) in [5, 5.41) is 3.78. The topological polar surface area (TPSA) is 63.1 Å². The molecular weight excluding hydrogens is 430 g/mol. The van der Waals surface area contributed by atoms with Crippen molar-refractivity contribution in [1.29, 1.82) is 0 Å². The van der Waals surface area contributed by atoms with Gasteiger partial charge in [0, 0.05) is 11.3 Å². The second-order valence-corrected chi connectivity index (χ2v) is 9.70. The van der Waals surface area contributed by atoms with Crippen LogP contribution in [-0.2, 0) is 11.2 Å². The van der Waals surface area contributed by atoms with E-state index in [0.29, 0.717) is 0 Å². The Kier molecular flexibility index (Phi) is 9.12. The molecule has 1 aliphatic rings. The molecule has 3 rings (SSSR count). The fourth-order valence-electron chi connectivity index (χ4n) is 3.45. The molecular formula is C27H35N3O2S. The van der Waals surface area contributed by atoms with E-state index in [1.54, 1.807) is 0 Å². The van der Waals surface area contributed by atoms with Gasteiger partial charge in [-0.2, -0.15) is 0 Å². The average Bonchev–Trinajstić information content (AvgIpc) is 3.12. The maximum Gasteiger partial charge on any atom is 0.234 e. The molecule has 0 aliphatic carbocycles. The van der Waals surface area contributed by atoms with Crippen molar-refractivity contribution >= 4 is 34.1 Å². The molecule has 0 radical (unpaired) electrons. The van der Waals surface area contributed by atoms with Gasteiger partial charge >= 0.3 is 0 Å². The van der Waals surface area contributed by atoms with Crippen LogP contribution >= 0.6 is 11.8 Å². The number of ether oxygens (including phenoxy) is 1. The van der Waals surface area contributed by atoms with E-state index in [1.165, 1.54) is 30.2 Å². The summed E-state index contributed by atoms with van der Waals surface area (Å²) in [5.74, 6) is 1.09. The van der Waals surface area contributed by atoms with Crippen molar-refractivity contribution < 1.29 is 9.53 Å². The highest BCUT2D eigenvalue weighted by molar-refractivity contribution is 8.16. The van der Waals surface area contributed by atoms with E-state index >= 15 is 0 Å². The summed E-state index contributed by atoms with van der Waals surface area (Å²) in [7, 11) is 0. The SMILES string of the molecule is CCCCOc1ccc(C2=NC(C)(C)N=C2SCC(=O)Nc2ccc(CCCC)cc2)cc1. The number of nitrogens with zero attached hydrogens (tertiary/aromatic N) is 2. The van der Waals surface area contributed by atoms with E-state index in [1.807, 2.05) is 50.2 Å². The fraction of sp³-hybridized carbons (Fsp3) is 0.444. The van der Waals surface area contributed by atoms with Gasteiger partial charge in [0.25, 0.3) is 0 Å². The summed E-state index contributed by atoms with van der Waals surface area (Å²) in [5.41, 5.74) is 3.41. The van der Waals surface area contributed by atoms with Crippen molar-refractivity contribution in [3.8, 4) is 5.75 Å². The van der Waals surface area contributed by atoms with Gasteiger partial charge < -0.3 is 10.1 Å². The van der Waals surface area contributed by atoms with Crippen molar-refractivity contribution in [2.45, 2.75) is 65.5 Å². The van der Waals surface area contributed by atoms with E-state index < -0.39 is 5.66 Å². The quantitative estimate of drug-likeness (QED) is 0.384. The van der Waals surface area contributed by atoms with E-state index in [2.05, 4.69) is 31.3 Å². The molecule has 5 nitrogen and oxygen atoms in total. The van der Waals surface area contributed by atoms with Gasteiger partial charge in [0.2, 0.25) is 5.91 Å². The molecule has 1 heterocycles. The van der Waals surface area contributed by atoms with Gasteiger partial charge in [0.1, 0.15) is 16.5 Å². The molecule has 0 saturated heterocycles.